The van der Waals surface area contributed by atoms with E-state index < -0.39 is 0 Å². The quantitative estimate of drug-likeness (QED) is 0.911. The Morgan fingerprint density at radius 3 is 2.76 bits per heavy atom. The number of benzene rings is 1. The van der Waals surface area contributed by atoms with Crippen molar-refractivity contribution in [2.24, 2.45) is 0 Å². The van der Waals surface area contributed by atoms with Gasteiger partial charge in [-0.15, -0.1) is 0 Å². The third-order valence-electron chi connectivity index (χ3n) is 4.63. The van der Waals surface area contributed by atoms with Crippen LogP contribution in [0.25, 0.3) is 0 Å². The Kier molecular flexibility index (Phi) is 3.99. The van der Waals surface area contributed by atoms with Crippen molar-refractivity contribution in [2.45, 2.75) is 26.3 Å². The number of carbonyl (C=O) groups excluding carboxylic acids is 1. The molecule has 2 amide bonds. The molecule has 1 fully saturated rings. The van der Waals surface area contributed by atoms with Crippen LogP contribution >= 0.6 is 0 Å². The van der Waals surface area contributed by atoms with Gasteiger partial charge in [-0.2, -0.15) is 5.10 Å². The minimum absolute atomic E-state index is 0.0966. The van der Waals surface area contributed by atoms with Crippen LogP contribution < -0.4 is 14.8 Å². The van der Waals surface area contributed by atoms with E-state index in [1.165, 1.54) is 0 Å². The van der Waals surface area contributed by atoms with Crippen LogP contribution in [0.1, 0.15) is 23.9 Å². The number of nitrogens with zero attached hydrogens (tertiary/aromatic N) is 3. The number of likely N-dealkylation sites (tertiary alicyclic amines) is 1. The normalized spacial score (nSPS) is 19.1. The van der Waals surface area contributed by atoms with Gasteiger partial charge in [0.2, 0.25) is 0 Å². The van der Waals surface area contributed by atoms with Gasteiger partial charge in [0, 0.05) is 30.5 Å². The smallest absolute Gasteiger partial charge is 0.321 e. The number of hydrogen-bond donors (Lipinski definition) is 1. The van der Waals surface area contributed by atoms with Gasteiger partial charge in [0.15, 0.2) is 11.5 Å². The molecule has 2 aromatic rings. The Morgan fingerprint density at radius 2 is 2.00 bits per heavy atom. The Labute approximate surface area is 146 Å². The molecule has 2 aliphatic rings. The van der Waals surface area contributed by atoms with E-state index in [4.69, 9.17) is 9.47 Å². The van der Waals surface area contributed by atoms with Gasteiger partial charge >= 0.3 is 6.03 Å². The third kappa shape index (κ3) is 3.14. The van der Waals surface area contributed by atoms with Gasteiger partial charge in [-0.3, -0.25) is 4.68 Å². The number of rotatable bonds is 2. The number of hydrogen-bond acceptors (Lipinski definition) is 4. The highest BCUT2D eigenvalue weighted by molar-refractivity contribution is 5.90. The fraction of sp³-hybridized carbons (Fsp3) is 0.444. The van der Waals surface area contributed by atoms with Crippen molar-refractivity contribution in [3.63, 3.8) is 0 Å². The molecular weight excluding hydrogens is 320 g/mol. The molecule has 25 heavy (non-hydrogen) atoms. The second kappa shape index (κ2) is 6.31. The molecule has 1 aromatic carbocycles. The highest BCUT2D eigenvalue weighted by Gasteiger charge is 2.29. The highest BCUT2D eigenvalue weighted by atomic mass is 16.6. The molecule has 0 unspecified atom stereocenters. The van der Waals surface area contributed by atoms with Crippen LogP contribution in [0.15, 0.2) is 24.3 Å². The van der Waals surface area contributed by atoms with Crippen LogP contribution in [0.3, 0.4) is 0 Å². The number of fused-ring (bicyclic) bond motifs is 1. The molecule has 2 aliphatic heterocycles. The first-order chi connectivity index (χ1) is 12.1. The zero-order valence-electron chi connectivity index (χ0n) is 14.5. The summed E-state index contributed by atoms with van der Waals surface area (Å²) < 4.78 is 13.1. The zero-order valence-corrected chi connectivity index (χ0v) is 14.5. The predicted molar refractivity (Wildman–Crippen MR) is 93.4 cm³/mol. The van der Waals surface area contributed by atoms with Crippen molar-refractivity contribution in [3.05, 3.63) is 35.7 Å². The Hall–Kier alpha value is -2.70. The van der Waals surface area contributed by atoms with E-state index in [1.807, 2.05) is 28.6 Å². The first-order valence-corrected chi connectivity index (χ1v) is 8.58. The molecule has 1 N–H and O–H groups in total. The lowest BCUT2D eigenvalue weighted by molar-refractivity contribution is 0.171. The second-order valence-corrected chi connectivity index (χ2v) is 6.55. The lowest BCUT2D eigenvalue weighted by atomic mass is 10.2. The summed E-state index contributed by atoms with van der Waals surface area (Å²) in [6, 6.07) is 7.67. The van der Waals surface area contributed by atoms with E-state index in [0.717, 1.165) is 30.1 Å². The average Bonchev–Trinajstić information content (AvgIpc) is 3.21. The Morgan fingerprint density at radius 1 is 1.20 bits per heavy atom. The molecule has 7 nitrogen and oxygen atoms in total. The molecule has 0 radical (unpaired) electrons. The van der Waals surface area contributed by atoms with Crippen molar-refractivity contribution in [1.82, 2.24) is 14.7 Å². The van der Waals surface area contributed by atoms with Gasteiger partial charge < -0.3 is 19.7 Å². The van der Waals surface area contributed by atoms with Gasteiger partial charge in [-0.25, -0.2) is 4.79 Å². The number of nitrogens with one attached hydrogen (secondary N) is 1. The van der Waals surface area contributed by atoms with Crippen molar-refractivity contribution < 1.29 is 14.3 Å². The molecule has 0 saturated carbocycles. The van der Waals surface area contributed by atoms with Gasteiger partial charge in [0.25, 0.3) is 0 Å². The van der Waals surface area contributed by atoms with Crippen LogP contribution in [-0.4, -0.2) is 47.0 Å². The fourth-order valence-electron chi connectivity index (χ4n) is 3.47. The topological polar surface area (TPSA) is 68.6 Å². The maximum atomic E-state index is 12.6. The number of urea groups is 1. The van der Waals surface area contributed by atoms with Gasteiger partial charge in [0.1, 0.15) is 13.2 Å². The summed E-state index contributed by atoms with van der Waals surface area (Å²) in [6.45, 7) is 6.52. The van der Waals surface area contributed by atoms with Gasteiger partial charge in [-0.05, 0) is 38.5 Å². The average molecular weight is 342 g/mol. The van der Waals surface area contributed by atoms with Crippen molar-refractivity contribution >= 4 is 11.7 Å². The number of aryl methyl sites for hydroxylation is 2. The summed E-state index contributed by atoms with van der Waals surface area (Å²) in [5.74, 6) is 1.39. The van der Waals surface area contributed by atoms with Crippen LogP contribution in [0.2, 0.25) is 0 Å². The molecule has 1 atom stereocenters. The highest BCUT2D eigenvalue weighted by Crippen LogP contribution is 2.33. The molecule has 1 saturated heterocycles. The van der Waals surface area contributed by atoms with Crippen LogP contribution in [0.4, 0.5) is 10.5 Å². The summed E-state index contributed by atoms with van der Waals surface area (Å²) in [6.07, 6.45) is 0.913. The number of anilines is 1. The summed E-state index contributed by atoms with van der Waals surface area (Å²) in [5.41, 5.74) is 2.86. The van der Waals surface area contributed by atoms with Crippen LogP contribution in [-0.2, 0) is 0 Å². The standard InChI is InChI=1S/C18H22N4O3/c1-12-9-13(2)22(20-12)15-5-6-21(11-15)18(23)19-14-3-4-16-17(10-14)25-8-7-24-16/h3-4,9-10,15H,5-8,11H2,1-2H3,(H,19,23)/t15-/m0/s1. The van der Waals surface area contributed by atoms with Crippen molar-refractivity contribution in [1.29, 1.82) is 0 Å². The summed E-state index contributed by atoms with van der Waals surface area (Å²) in [5, 5.41) is 7.49. The lowest BCUT2D eigenvalue weighted by Gasteiger charge is -2.21. The number of aromatic nitrogens is 2. The molecule has 7 heteroatoms. The summed E-state index contributed by atoms with van der Waals surface area (Å²) in [7, 11) is 0. The first-order valence-electron chi connectivity index (χ1n) is 8.58. The van der Waals surface area contributed by atoms with E-state index >= 15 is 0 Å². The zero-order chi connectivity index (χ0) is 17.4. The molecule has 0 bridgehead atoms. The van der Waals surface area contributed by atoms with Crippen LogP contribution in [0, 0.1) is 13.8 Å². The van der Waals surface area contributed by atoms with E-state index in [2.05, 4.69) is 23.4 Å². The van der Waals surface area contributed by atoms with Gasteiger partial charge in [0.05, 0.1) is 11.7 Å². The Balaban J connectivity index is 1.41. The SMILES string of the molecule is Cc1cc(C)n([C@H]2CCN(C(=O)Nc3ccc4c(c3)OCCO4)C2)n1. The lowest BCUT2D eigenvalue weighted by Crippen LogP contribution is -2.33. The Bertz CT molecular complexity index is 802. The number of amides is 2. The maximum absolute atomic E-state index is 12.6. The molecule has 0 spiro atoms. The van der Waals surface area contributed by atoms with E-state index in [1.54, 1.807) is 6.07 Å². The molecule has 4 rings (SSSR count). The molecule has 0 aliphatic carbocycles. The molecule has 1 aromatic heterocycles. The molecular formula is C18H22N4O3. The minimum Gasteiger partial charge on any atom is -0.486 e. The van der Waals surface area contributed by atoms with E-state index in [-0.39, 0.29) is 12.1 Å². The summed E-state index contributed by atoms with van der Waals surface area (Å²) in [4.78, 5) is 14.4. The van der Waals surface area contributed by atoms with Crippen LogP contribution in [0.5, 0.6) is 11.5 Å². The fourth-order valence-corrected chi connectivity index (χ4v) is 3.47. The molecule has 132 valence electrons. The predicted octanol–water partition coefficient (Wildman–Crippen LogP) is 2.75. The maximum Gasteiger partial charge on any atom is 0.321 e. The third-order valence-corrected chi connectivity index (χ3v) is 4.63. The number of ether oxygens (including phenoxy) is 2. The molecule has 3 heterocycles. The van der Waals surface area contributed by atoms with E-state index in [9.17, 15) is 4.79 Å². The second-order valence-electron chi connectivity index (χ2n) is 6.55. The summed E-state index contributed by atoms with van der Waals surface area (Å²) >= 11 is 0. The van der Waals surface area contributed by atoms with Gasteiger partial charge in [-0.1, -0.05) is 0 Å². The van der Waals surface area contributed by atoms with Crippen molar-refractivity contribution in [3.8, 4) is 11.5 Å². The number of carbonyl (C=O) groups is 1. The first kappa shape index (κ1) is 15.8. The van der Waals surface area contributed by atoms with Crippen molar-refractivity contribution in [2.75, 3.05) is 31.6 Å². The minimum atomic E-state index is -0.0966. The van der Waals surface area contributed by atoms with E-state index in [0.29, 0.717) is 31.2 Å². The largest absolute Gasteiger partial charge is 0.486 e. The monoisotopic (exact) mass is 342 g/mol.